The molecule has 0 saturated carbocycles. The number of hydrogen-bond donors (Lipinski definition) is 1. The second-order valence-electron chi connectivity index (χ2n) is 4.22. The zero-order chi connectivity index (χ0) is 15.7. The molecule has 116 valence electrons. The monoisotopic (exact) mass is 295 g/mol. The molecule has 1 aromatic rings. The highest BCUT2D eigenvalue weighted by atomic mass is 16.5. The summed E-state index contributed by atoms with van der Waals surface area (Å²) in [4.78, 5) is 23.2. The number of hydrogen-bond acceptors (Lipinski definition) is 5. The van der Waals surface area contributed by atoms with E-state index in [9.17, 15) is 9.59 Å². The van der Waals surface area contributed by atoms with Crippen LogP contribution in [0.15, 0.2) is 18.2 Å². The molecule has 0 radical (unpaired) electrons. The van der Waals surface area contributed by atoms with E-state index in [1.165, 1.54) is 13.2 Å². The smallest absolute Gasteiger partial charge is 0.338 e. The standard InChI is InChI=1S/C15H21NO5/c1-4-8-16-14(17)10-21-15(18)11-6-7-12(20-5-2)13(9-11)19-3/h6-7,9H,4-5,8,10H2,1-3H3,(H,16,17). The molecule has 6 nitrogen and oxygen atoms in total. The van der Waals surface area contributed by atoms with E-state index in [1.807, 2.05) is 13.8 Å². The number of ether oxygens (including phenoxy) is 3. The zero-order valence-electron chi connectivity index (χ0n) is 12.6. The van der Waals surface area contributed by atoms with Crippen molar-refractivity contribution in [2.75, 3.05) is 26.9 Å². The molecular weight excluding hydrogens is 274 g/mol. The van der Waals surface area contributed by atoms with Crippen LogP contribution < -0.4 is 14.8 Å². The normalized spacial score (nSPS) is 9.86. The Balaban J connectivity index is 2.63. The summed E-state index contributed by atoms with van der Waals surface area (Å²) in [5.74, 6) is 0.102. The molecule has 0 spiro atoms. The van der Waals surface area contributed by atoms with Crippen molar-refractivity contribution >= 4 is 11.9 Å². The third-order valence-corrected chi connectivity index (χ3v) is 2.61. The maximum Gasteiger partial charge on any atom is 0.338 e. The number of carbonyl (C=O) groups excluding carboxylic acids is 2. The van der Waals surface area contributed by atoms with Gasteiger partial charge in [-0.1, -0.05) is 6.92 Å². The average Bonchev–Trinajstić information content (AvgIpc) is 2.51. The van der Waals surface area contributed by atoms with Gasteiger partial charge in [0.15, 0.2) is 18.1 Å². The van der Waals surface area contributed by atoms with Crippen LogP contribution in [-0.2, 0) is 9.53 Å². The lowest BCUT2D eigenvalue weighted by Gasteiger charge is -2.11. The van der Waals surface area contributed by atoms with Crippen LogP contribution in [0.3, 0.4) is 0 Å². The summed E-state index contributed by atoms with van der Waals surface area (Å²) in [5.41, 5.74) is 0.304. The van der Waals surface area contributed by atoms with Crippen LogP contribution in [0.2, 0.25) is 0 Å². The fraction of sp³-hybridized carbons (Fsp3) is 0.467. The summed E-state index contributed by atoms with van der Waals surface area (Å²) >= 11 is 0. The molecule has 0 bridgehead atoms. The van der Waals surface area contributed by atoms with E-state index in [0.29, 0.717) is 30.2 Å². The number of benzene rings is 1. The molecule has 0 unspecified atom stereocenters. The first kappa shape index (κ1) is 16.8. The Morgan fingerprint density at radius 1 is 1.19 bits per heavy atom. The Labute approximate surface area is 124 Å². The highest BCUT2D eigenvalue weighted by Gasteiger charge is 2.13. The van der Waals surface area contributed by atoms with Crippen LogP contribution in [-0.4, -0.2) is 38.7 Å². The van der Waals surface area contributed by atoms with Crippen LogP contribution in [0.5, 0.6) is 11.5 Å². The first-order valence-electron chi connectivity index (χ1n) is 6.87. The van der Waals surface area contributed by atoms with Crippen molar-refractivity contribution in [2.45, 2.75) is 20.3 Å². The molecule has 1 N–H and O–H groups in total. The van der Waals surface area contributed by atoms with Crippen molar-refractivity contribution < 1.29 is 23.8 Å². The lowest BCUT2D eigenvalue weighted by Crippen LogP contribution is -2.29. The Morgan fingerprint density at radius 3 is 2.57 bits per heavy atom. The van der Waals surface area contributed by atoms with E-state index in [0.717, 1.165) is 6.42 Å². The fourth-order valence-electron chi connectivity index (χ4n) is 1.60. The van der Waals surface area contributed by atoms with Crippen LogP contribution in [0.25, 0.3) is 0 Å². The quantitative estimate of drug-likeness (QED) is 0.740. The third-order valence-electron chi connectivity index (χ3n) is 2.61. The second-order valence-corrected chi connectivity index (χ2v) is 4.22. The van der Waals surface area contributed by atoms with E-state index in [1.54, 1.807) is 12.1 Å². The maximum absolute atomic E-state index is 11.9. The van der Waals surface area contributed by atoms with Crippen LogP contribution in [0.4, 0.5) is 0 Å². The van der Waals surface area contributed by atoms with E-state index in [4.69, 9.17) is 14.2 Å². The Bertz CT molecular complexity index is 487. The second kappa shape index (κ2) is 8.84. The number of carbonyl (C=O) groups is 2. The van der Waals surface area contributed by atoms with E-state index < -0.39 is 5.97 Å². The number of methoxy groups -OCH3 is 1. The molecule has 1 rings (SSSR count). The Hall–Kier alpha value is -2.24. The van der Waals surface area contributed by atoms with Gasteiger partial charge in [-0.3, -0.25) is 4.79 Å². The highest BCUT2D eigenvalue weighted by molar-refractivity contribution is 5.92. The molecule has 0 aliphatic carbocycles. The number of amides is 1. The predicted molar refractivity (Wildman–Crippen MR) is 77.7 cm³/mol. The van der Waals surface area contributed by atoms with Gasteiger partial charge in [-0.2, -0.15) is 0 Å². The molecule has 6 heteroatoms. The van der Waals surface area contributed by atoms with Crippen molar-refractivity contribution in [2.24, 2.45) is 0 Å². The summed E-state index contributed by atoms with van der Waals surface area (Å²) in [6.45, 7) is 4.56. The molecule has 0 aliphatic rings. The van der Waals surface area contributed by atoms with E-state index in [2.05, 4.69) is 5.32 Å². The SMILES string of the molecule is CCCNC(=O)COC(=O)c1ccc(OCC)c(OC)c1. The molecular formula is C15H21NO5. The molecule has 0 fully saturated rings. The maximum atomic E-state index is 11.9. The van der Waals surface area contributed by atoms with Crippen molar-refractivity contribution in [3.63, 3.8) is 0 Å². The highest BCUT2D eigenvalue weighted by Crippen LogP contribution is 2.28. The third kappa shape index (κ3) is 5.33. The predicted octanol–water partition coefficient (Wildman–Crippen LogP) is 1.78. The number of rotatable bonds is 8. The largest absolute Gasteiger partial charge is 0.493 e. The first-order chi connectivity index (χ1) is 10.1. The minimum Gasteiger partial charge on any atom is -0.493 e. The first-order valence-corrected chi connectivity index (χ1v) is 6.87. The number of nitrogens with one attached hydrogen (secondary N) is 1. The Kier molecular flexibility index (Phi) is 7.08. The molecule has 1 aromatic carbocycles. The van der Waals surface area contributed by atoms with E-state index >= 15 is 0 Å². The molecule has 0 aliphatic heterocycles. The van der Waals surface area contributed by atoms with Gasteiger partial charge in [-0.25, -0.2) is 4.79 Å². The van der Waals surface area contributed by atoms with Gasteiger partial charge in [0.25, 0.3) is 5.91 Å². The fourth-order valence-corrected chi connectivity index (χ4v) is 1.60. The lowest BCUT2D eigenvalue weighted by atomic mass is 10.2. The minimum absolute atomic E-state index is 0.297. The Morgan fingerprint density at radius 2 is 1.95 bits per heavy atom. The summed E-state index contributed by atoms with van der Waals surface area (Å²) in [5, 5.41) is 2.63. The minimum atomic E-state index is -0.581. The average molecular weight is 295 g/mol. The molecule has 21 heavy (non-hydrogen) atoms. The topological polar surface area (TPSA) is 73.9 Å². The van der Waals surface area contributed by atoms with Gasteiger partial charge in [-0.05, 0) is 31.5 Å². The van der Waals surface area contributed by atoms with Gasteiger partial charge in [0.2, 0.25) is 0 Å². The van der Waals surface area contributed by atoms with Gasteiger partial charge in [0.05, 0.1) is 19.3 Å². The van der Waals surface area contributed by atoms with E-state index in [-0.39, 0.29) is 12.5 Å². The van der Waals surface area contributed by atoms with Gasteiger partial charge in [0.1, 0.15) is 0 Å². The molecule has 1 amide bonds. The zero-order valence-corrected chi connectivity index (χ0v) is 12.6. The van der Waals surface area contributed by atoms with Crippen molar-refractivity contribution in [1.29, 1.82) is 0 Å². The molecule has 0 aromatic heterocycles. The van der Waals surface area contributed by atoms with Gasteiger partial charge in [-0.15, -0.1) is 0 Å². The van der Waals surface area contributed by atoms with Crippen molar-refractivity contribution in [3.8, 4) is 11.5 Å². The molecule has 0 saturated heterocycles. The van der Waals surface area contributed by atoms with Crippen LogP contribution in [0, 0.1) is 0 Å². The molecule has 0 atom stereocenters. The van der Waals surface area contributed by atoms with Gasteiger partial charge < -0.3 is 19.5 Å². The van der Waals surface area contributed by atoms with Crippen molar-refractivity contribution in [3.05, 3.63) is 23.8 Å². The van der Waals surface area contributed by atoms with Crippen LogP contribution >= 0.6 is 0 Å². The van der Waals surface area contributed by atoms with Crippen LogP contribution in [0.1, 0.15) is 30.6 Å². The lowest BCUT2D eigenvalue weighted by molar-refractivity contribution is -0.124. The summed E-state index contributed by atoms with van der Waals surface area (Å²) < 4.78 is 15.5. The molecule has 0 heterocycles. The summed E-state index contributed by atoms with van der Waals surface area (Å²) in [6.07, 6.45) is 0.829. The number of esters is 1. The van der Waals surface area contributed by atoms with Gasteiger partial charge >= 0.3 is 5.97 Å². The van der Waals surface area contributed by atoms with Gasteiger partial charge in [0, 0.05) is 6.54 Å². The van der Waals surface area contributed by atoms with Crippen molar-refractivity contribution in [1.82, 2.24) is 5.32 Å². The summed E-state index contributed by atoms with van der Waals surface area (Å²) in [6, 6.07) is 4.73. The summed E-state index contributed by atoms with van der Waals surface area (Å²) in [7, 11) is 1.49.